The van der Waals surface area contributed by atoms with Crippen LogP contribution in [0.2, 0.25) is 0 Å². The SMILES string of the molecule is CCOc1cc(/C=C/C(=O)N(C(C)C)C(C)C)ccc1OC(F)F. The fourth-order valence-corrected chi connectivity index (χ4v) is 2.45. The van der Waals surface area contributed by atoms with Crippen LogP contribution in [0.25, 0.3) is 6.08 Å². The molecule has 134 valence electrons. The maximum atomic E-state index is 12.4. The first-order valence-electron chi connectivity index (χ1n) is 7.98. The highest BCUT2D eigenvalue weighted by Gasteiger charge is 2.17. The zero-order valence-corrected chi connectivity index (χ0v) is 14.8. The number of amides is 1. The summed E-state index contributed by atoms with van der Waals surface area (Å²) in [4.78, 5) is 14.1. The lowest BCUT2D eigenvalue weighted by Gasteiger charge is -2.29. The number of rotatable bonds is 8. The molecule has 1 aromatic rings. The Hall–Kier alpha value is -2.11. The lowest BCUT2D eigenvalue weighted by molar-refractivity contribution is -0.129. The second kappa shape index (κ2) is 9.25. The summed E-state index contributed by atoms with van der Waals surface area (Å²) in [5, 5.41) is 0. The maximum absolute atomic E-state index is 12.4. The number of hydrogen-bond acceptors (Lipinski definition) is 3. The third kappa shape index (κ3) is 5.83. The average molecular weight is 341 g/mol. The van der Waals surface area contributed by atoms with E-state index in [1.165, 1.54) is 12.1 Å². The van der Waals surface area contributed by atoms with Crippen LogP contribution in [0, 0.1) is 0 Å². The number of carbonyl (C=O) groups excluding carboxylic acids is 1. The Bertz CT molecular complexity index is 563. The summed E-state index contributed by atoms with van der Waals surface area (Å²) in [6.45, 7) is 6.97. The van der Waals surface area contributed by atoms with Crippen molar-refractivity contribution in [2.45, 2.75) is 53.3 Å². The molecule has 0 unspecified atom stereocenters. The van der Waals surface area contributed by atoms with Gasteiger partial charge in [0.15, 0.2) is 11.5 Å². The molecule has 0 radical (unpaired) electrons. The van der Waals surface area contributed by atoms with Gasteiger partial charge in [-0.15, -0.1) is 0 Å². The highest BCUT2D eigenvalue weighted by atomic mass is 19.3. The first kappa shape index (κ1) is 19.9. The topological polar surface area (TPSA) is 38.8 Å². The van der Waals surface area contributed by atoms with Gasteiger partial charge in [0.25, 0.3) is 0 Å². The van der Waals surface area contributed by atoms with Crippen LogP contribution in [-0.2, 0) is 4.79 Å². The molecule has 1 aromatic carbocycles. The Morgan fingerprint density at radius 3 is 2.29 bits per heavy atom. The number of carbonyl (C=O) groups is 1. The molecule has 0 saturated carbocycles. The smallest absolute Gasteiger partial charge is 0.387 e. The highest BCUT2D eigenvalue weighted by Crippen LogP contribution is 2.30. The van der Waals surface area contributed by atoms with Gasteiger partial charge in [-0.3, -0.25) is 4.79 Å². The van der Waals surface area contributed by atoms with Crippen LogP contribution >= 0.6 is 0 Å². The quantitative estimate of drug-likeness (QED) is 0.660. The van der Waals surface area contributed by atoms with Gasteiger partial charge in [0, 0.05) is 18.2 Å². The van der Waals surface area contributed by atoms with E-state index in [-0.39, 0.29) is 29.5 Å². The predicted octanol–water partition coefficient (Wildman–Crippen LogP) is 4.35. The van der Waals surface area contributed by atoms with Crippen molar-refractivity contribution in [1.82, 2.24) is 4.90 Å². The maximum Gasteiger partial charge on any atom is 0.387 e. The van der Waals surface area contributed by atoms with Gasteiger partial charge in [0.05, 0.1) is 6.61 Å². The van der Waals surface area contributed by atoms with E-state index in [4.69, 9.17) is 4.74 Å². The molecule has 0 aliphatic carbocycles. The summed E-state index contributed by atoms with van der Waals surface area (Å²) in [6, 6.07) is 4.74. The monoisotopic (exact) mass is 341 g/mol. The van der Waals surface area contributed by atoms with Crippen molar-refractivity contribution in [2.75, 3.05) is 6.61 Å². The first-order chi connectivity index (χ1) is 11.3. The Morgan fingerprint density at radius 2 is 1.79 bits per heavy atom. The minimum absolute atomic E-state index is 0.0266. The Balaban J connectivity index is 2.98. The molecule has 0 aliphatic heterocycles. The summed E-state index contributed by atoms with van der Waals surface area (Å²) < 4.78 is 34.5. The zero-order chi connectivity index (χ0) is 18.3. The molecule has 1 amide bonds. The standard InChI is InChI=1S/C18H25F2NO3/c1-6-23-16-11-14(7-9-15(16)24-18(19)20)8-10-17(22)21(12(2)3)13(4)5/h7-13,18H,6H2,1-5H3/b10-8+. The van der Waals surface area contributed by atoms with E-state index >= 15 is 0 Å². The minimum Gasteiger partial charge on any atom is -0.490 e. The van der Waals surface area contributed by atoms with Gasteiger partial charge in [0.2, 0.25) is 5.91 Å². The molecule has 0 spiro atoms. The van der Waals surface area contributed by atoms with Gasteiger partial charge in [-0.2, -0.15) is 8.78 Å². The predicted molar refractivity (Wildman–Crippen MR) is 90.4 cm³/mol. The van der Waals surface area contributed by atoms with Gasteiger partial charge < -0.3 is 14.4 Å². The normalized spacial score (nSPS) is 11.6. The number of hydrogen-bond donors (Lipinski definition) is 0. The van der Waals surface area contributed by atoms with Gasteiger partial charge in [-0.05, 0) is 58.4 Å². The van der Waals surface area contributed by atoms with Gasteiger partial charge in [-0.1, -0.05) is 6.07 Å². The van der Waals surface area contributed by atoms with E-state index in [0.717, 1.165) is 0 Å². The van der Waals surface area contributed by atoms with Crippen LogP contribution in [-0.4, -0.2) is 36.1 Å². The van der Waals surface area contributed by atoms with E-state index in [1.54, 1.807) is 30.0 Å². The molecule has 0 bridgehead atoms. The lowest BCUT2D eigenvalue weighted by atomic mass is 10.1. The second-order valence-corrected chi connectivity index (χ2v) is 5.78. The van der Waals surface area contributed by atoms with E-state index in [1.807, 2.05) is 27.7 Å². The van der Waals surface area contributed by atoms with Crippen LogP contribution in [0.3, 0.4) is 0 Å². The van der Waals surface area contributed by atoms with Crippen molar-refractivity contribution in [1.29, 1.82) is 0 Å². The van der Waals surface area contributed by atoms with E-state index < -0.39 is 6.61 Å². The number of alkyl halides is 2. The fourth-order valence-electron chi connectivity index (χ4n) is 2.45. The van der Waals surface area contributed by atoms with Crippen LogP contribution < -0.4 is 9.47 Å². The van der Waals surface area contributed by atoms with Crippen molar-refractivity contribution in [3.05, 3.63) is 29.8 Å². The van der Waals surface area contributed by atoms with Crippen molar-refractivity contribution < 1.29 is 23.0 Å². The summed E-state index contributed by atoms with van der Waals surface area (Å²) >= 11 is 0. The molecule has 0 fully saturated rings. The van der Waals surface area contributed by atoms with Crippen LogP contribution in [0.15, 0.2) is 24.3 Å². The highest BCUT2D eigenvalue weighted by molar-refractivity contribution is 5.92. The first-order valence-corrected chi connectivity index (χ1v) is 7.98. The molecular formula is C18H25F2NO3. The van der Waals surface area contributed by atoms with Gasteiger partial charge in [0.1, 0.15) is 0 Å². The molecule has 0 aliphatic rings. The Kier molecular flexibility index (Phi) is 7.68. The van der Waals surface area contributed by atoms with Crippen molar-refractivity contribution >= 4 is 12.0 Å². The number of halogens is 2. The van der Waals surface area contributed by atoms with Crippen LogP contribution in [0.1, 0.15) is 40.2 Å². The fraction of sp³-hybridized carbons (Fsp3) is 0.500. The summed E-state index contributed by atoms with van der Waals surface area (Å²) in [5.74, 6) is 0.0872. The van der Waals surface area contributed by atoms with E-state index in [9.17, 15) is 13.6 Å². The lowest BCUT2D eigenvalue weighted by Crippen LogP contribution is -2.41. The zero-order valence-electron chi connectivity index (χ0n) is 14.8. The molecule has 0 saturated heterocycles. The third-order valence-electron chi connectivity index (χ3n) is 3.27. The van der Waals surface area contributed by atoms with E-state index in [2.05, 4.69) is 4.74 Å². The van der Waals surface area contributed by atoms with Crippen molar-refractivity contribution in [3.63, 3.8) is 0 Å². The van der Waals surface area contributed by atoms with Crippen molar-refractivity contribution in [2.24, 2.45) is 0 Å². The molecule has 4 nitrogen and oxygen atoms in total. The van der Waals surface area contributed by atoms with Crippen LogP contribution in [0.5, 0.6) is 11.5 Å². The second-order valence-electron chi connectivity index (χ2n) is 5.78. The third-order valence-corrected chi connectivity index (χ3v) is 3.27. The molecule has 0 atom stereocenters. The summed E-state index contributed by atoms with van der Waals surface area (Å²) in [7, 11) is 0. The number of nitrogens with zero attached hydrogens (tertiary/aromatic N) is 1. The number of benzene rings is 1. The molecular weight excluding hydrogens is 316 g/mol. The average Bonchev–Trinajstić information content (AvgIpc) is 2.46. The molecule has 1 rings (SSSR count). The molecule has 0 N–H and O–H groups in total. The minimum atomic E-state index is -2.92. The molecule has 6 heteroatoms. The largest absolute Gasteiger partial charge is 0.490 e. The van der Waals surface area contributed by atoms with Crippen LogP contribution in [0.4, 0.5) is 8.78 Å². The van der Waals surface area contributed by atoms with Crippen molar-refractivity contribution in [3.8, 4) is 11.5 Å². The molecule has 0 heterocycles. The molecule has 24 heavy (non-hydrogen) atoms. The van der Waals surface area contributed by atoms with Gasteiger partial charge in [-0.25, -0.2) is 0 Å². The summed E-state index contributed by atoms with van der Waals surface area (Å²) in [5.41, 5.74) is 0.667. The van der Waals surface area contributed by atoms with Gasteiger partial charge >= 0.3 is 6.61 Å². The number of ether oxygens (including phenoxy) is 2. The Morgan fingerprint density at radius 1 is 1.17 bits per heavy atom. The summed E-state index contributed by atoms with van der Waals surface area (Å²) in [6.07, 6.45) is 3.10. The van der Waals surface area contributed by atoms with E-state index in [0.29, 0.717) is 12.2 Å². The molecule has 0 aromatic heterocycles. The Labute approximate surface area is 142 Å².